The average molecular weight is 446 g/mol. The molecule has 7 heteroatoms. The molecule has 2 rings (SSSR count). The molecule has 31 heavy (non-hydrogen) atoms. The minimum atomic E-state index is -3.63. The minimum Gasteiger partial charge on any atom is -0.348 e. The van der Waals surface area contributed by atoms with E-state index >= 15 is 0 Å². The van der Waals surface area contributed by atoms with E-state index in [0.717, 1.165) is 25.2 Å². The van der Waals surface area contributed by atoms with Gasteiger partial charge in [0.15, 0.2) is 0 Å². The van der Waals surface area contributed by atoms with Crippen LogP contribution < -0.4 is 5.32 Å². The Balaban J connectivity index is 2.15. The number of hydrogen-bond acceptors (Lipinski definition) is 4. The molecule has 0 fully saturated rings. The standard InChI is InChI=1S/C24H35N3O3S/c1-6-26(7-2)18-21-12-10-11-20(15-21)17-25-24(28)22-14-13-19(5)23(16-22)31(29,30)27(8-3)9-4/h10-16H,6-9,17-18H2,1-5H3,(H,25,28). The monoisotopic (exact) mass is 445 g/mol. The van der Waals surface area contributed by atoms with Gasteiger partial charge < -0.3 is 5.32 Å². The lowest BCUT2D eigenvalue weighted by Gasteiger charge is -2.20. The Morgan fingerprint density at radius 1 is 0.903 bits per heavy atom. The molecule has 1 N–H and O–H groups in total. The van der Waals surface area contributed by atoms with Crippen molar-refractivity contribution in [2.45, 2.75) is 52.6 Å². The summed E-state index contributed by atoms with van der Waals surface area (Å²) in [5.74, 6) is -0.287. The summed E-state index contributed by atoms with van der Waals surface area (Å²) in [7, 11) is -3.63. The van der Waals surface area contributed by atoms with Crippen molar-refractivity contribution in [2.24, 2.45) is 0 Å². The second-order valence-electron chi connectivity index (χ2n) is 7.53. The fourth-order valence-corrected chi connectivity index (χ4v) is 5.26. The van der Waals surface area contributed by atoms with Crippen molar-refractivity contribution >= 4 is 15.9 Å². The average Bonchev–Trinajstić information content (AvgIpc) is 2.77. The second kappa shape index (κ2) is 11.4. The van der Waals surface area contributed by atoms with Crippen LogP contribution in [0, 0.1) is 6.92 Å². The highest BCUT2D eigenvalue weighted by molar-refractivity contribution is 7.89. The van der Waals surface area contributed by atoms with Gasteiger partial charge in [-0.2, -0.15) is 4.31 Å². The van der Waals surface area contributed by atoms with Crippen molar-refractivity contribution in [2.75, 3.05) is 26.2 Å². The molecule has 2 aromatic rings. The first kappa shape index (κ1) is 25.0. The number of hydrogen-bond donors (Lipinski definition) is 1. The zero-order valence-electron chi connectivity index (χ0n) is 19.3. The SMILES string of the molecule is CCN(CC)Cc1cccc(CNC(=O)c2ccc(C)c(S(=O)(=O)N(CC)CC)c2)c1. The first-order valence-corrected chi connectivity index (χ1v) is 12.4. The predicted molar refractivity (Wildman–Crippen MR) is 126 cm³/mol. The van der Waals surface area contributed by atoms with Crippen molar-refractivity contribution in [3.05, 3.63) is 64.7 Å². The maximum absolute atomic E-state index is 12.9. The second-order valence-corrected chi connectivity index (χ2v) is 9.44. The van der Waals surface area contributed by atoms with Crippen LogP contribution in [0.3, 0.4) is 0 Å². The van der Waals surface area contributed by atoms with Gasteiger partial charge in [0, 0.05) is 31.7 Å². The number of rotatable bonds is 11. The number of sulfonamides is 1. The lowest BCUT2D eigenvalue weighted by molar-refractivity contribution is 0.0950. The summed E-state index contributed by atoms with van der Waals surface area (Å²) in [4.78, 5) is 15.3. The highest BCUT2D eigenvalue weighted by Crippen LogP contribution is 2.21. The van der Waals surface area contributed by atoms with E-state index in [4.69, 9.17) is 0 Å². The molecule has 2 aromatic carbocycles. The zero-order chi connectivity index (χ0) is 23.0. The number of carbonyl (C=O) groups excluding carboxylic acids is 1. The summed E-state index contributed by atoms with van der Waals surface area (Å²) >= 11 is 0. The Bertz CT molecular complexity index is 981. The molecule has 0 bridgehead atoms. The van der Waals surface area contributed by atoms with Gasteiger partial charge in [0.05, 0.1) is 4.90 Å². The number of amides is 1. The summed E-state index contributed by atoms with van der Waals surface area (Å²) in [6.07, 6.45) is 0. The Morgan fingerprint density at radius 3 is 2.16 bits per heavy atom. The van der Waals surface area contributed by atoms with E-state index in [1.165, 1.54) is 15.9 Å². The molecule has 0 radical (unpaired) electrons. The van der Waals surface area contributed by atoms with E-state index in [2.05, 4.69) is 36.2 Å². The number of aryl methyl sites for hydroxylation is 1. The van der Waals surface area contributed by atoms with Crippen molar-refractivity contribution in [3.8, 4) is 0 Å². The molecule has 170 valence electrons. The van der Waals surface area contributed by atoms with Gasteiger partial charge in [0.25, 0.3) is 5.91 Å². The Labute approximate surface area is 187 Å². The Kier molecular flexibility index (Phi) is 9.22. The molecule has 1 amide bonds. The van der Waals surface area contributed by atoms with Gasteiger partial charge >= 0.3 is 0 Å². The lowest BCUT2D eigenvalue weighted by Crippen LogP contribution is -2.31. The molecular weight excluding hydrogens is 410 g/mol. The van der Waals surface area contributed by atoms with Crippen molar-refractivity contribution in [3.63, 3.8) is 0 Å². The highest BCUT2D eigenvalue weighted by atomic mass is 32.2. The summed E-state index contributed by atoms with van der Waals surface area (Å²) < 4.78 is 27.3. The number of benzene rings is 2. The van der Waals surface area contributed by atoms with Crippen molar-refractivity contribution < 1.29 is 13.2 Å². The topological polar surface area (TPSA) is 69.7 Å². The van der Waals surface area contributed by atoms with Crippen molar-refractivity contribution in [1.82, 2.24) is 14.5 Å². The number of nitrogens with zero attached hydrogens (tertiary/aromatic N) is 2. The smallest absolute Gasteiger partial charge is 0.251 e. The molecule has 0 aliphatic rings. The van der Waals surface area contributed by atoms with Crippen LogP contribution in [0.4, 0.5) is 0 Å². The first-order chi connectivity index (χ1) is 14.8. The van der Waals surface area contributed by atoms with E-state index in [9.17, 15) is 13.2 Å². The molecule has 0 atom stereocenters. The van der Waals surface area contributed by atoms with Crippen LogP contribution in [0.5, 0.6) is 0 Å². The quantitative estimate of drug-likeness (QED) is 0.571. The van der Waals surface area contributed by atoms with Crippen LogP contribution in [0.15, 0.2) is 47.4 Å². The van der Waals surface area contributed by atoms with E-state index in [-0.39, 0.29) is 10.8 Å². The van der Waals surface area contributed by atoms with Crippen molar-refractivity contribution in [1.29, 1.82) is 0 Å². The van der Waals surface area contributed by atoms with Gasteiger partial charge in [-0.3, -0.25) is 9.69 Å². The molecule has 0 unspecified atom stereocenters. The lowest BCUT2D eigenvalue weighted by atomic mass is 10.1. The maximum Gasteiger partial charge on any atom is 0.251 e. The largest absolute Gasteiger partial charge is 0.348 e. The number of nitrogens with one attached hydrogen (secondary N) is 1. The molecule has 0 aliphatic carbocycles. The molecule has 6 nitrogen and oxygen atoms in total. The van der Waals surface area contributed by atoms with E-state index in [1.54, 1.807) is 32.9 Å². The van der Waals surface area contributed by atoms with Gasteiger partial charge in [-0.1, -0.05) is 58.0 Å². The van der Waals surface area contributed by atoms with E-state index in [0.29, 0.717) is 30.8 Å². The summed E-state index contributed by atoms with van der Waals surface area (Å²) in [6.45, 7) is 13.7. The Hall–Kier alpha value is -2.22. The molecule has 0 aliphatic heterocycles. The molecule has 0 saturated heterocycles. The highest BCUT2D eigenvalue weighted by Gasteiger charge is 2.24. The molecule has 0 aromatic heterocycles. The minimum absolute atomic E-state index is 0.185. The summed E-state index contributed by atoms with van der Waals surface area (Å²) in [5.41, 5.74) is 3.20. The fraction of sp³-hybridized carbons (Fsp3) is 0.458. The van der Waals surface area contributed by atoms with Crippen LogP contribution in [0.2, 0.25) is 0 Å². The first-order valence-electron chi connectivity index (χ1n) is 11.0. The van der Waals surface area contributed by atoms with Crippen LogP contribution in [-0.4, -0.2) is 49.7 Å². The van der Waals surface area contributed by atoms with E-state index < -0.39 is 10.0 Å². The van der Waals surface area contributed by atoms with Gasteiger partial charge in [0.1, 0.15) is 0 Å². The van der Waals surface area contributed by atoms with E-state index in [1.807, 2.05) is 12.1 Å². The zero-order valence-corrected chi connectivity index (χ0v) is 20.1. The van der Waals surface area contributed by atoms with Gasteiger partial charge in [-0.15, -0.1) is 0 Å². The van der Waals surface area contributed by atoms with Crippen LogP contribution in [0.1, 0.15) is 54.7 Å². The normalized spacial score (nSPS) is 11.8. The molecular formula is C24H35N3O3S. The predicted octanol–water partition coefficient (Wildman–Crippen LogP) is 3.80. The number of carbonyl (C=O) groups is 1. The molecule has 0 saturated carbocycles. The van der Waals surface area contributed by atoms with Gasteiger partial charge in [-0.05, 0) is 48.8 Å². The van der Waals surface area contributed by atoms with Gasteiger partial charge in [-0.25, -0.2) is 8.42 Å². The third kappa shape index (κ3) is 6.38. The fourth-order valence-electron chi connectivity index (χ4n) is 3.55. The maximum atomic E-state index is 12.9. The third-order valence-electron chi connectivity index (χ3n) is 5.52. The molecule has 0 spiro atoms. The third-order valence-corrected chi connectivity index (χ3v) is 7.71. The van der Waals surface area contributed by atoms with Crippen LogP contribution >= 0.6 is 0 Å². The van der Waals surface area contributed by atoms with Gasteiger partial charge in [0.2, 0.25) is 10.0 Å². The Morgan fingerprint density at radius 2 is 1.55 bits per heavy atom. The van der Waals surface area contributed by atoms with Crippen LogP contribution in [0.25, 0.3) is 0 Å². The molecule has 0 heterocycles. The summed E-state index contributed by atoms with van der Waals surface area (Å²) in [6, 6.07) is 13.0. The summed E-state index contributed by atoms with van der Waals surface area (Å²) in [5, 5.41) is 2.92. The van der Waals surface area contributed by atoms with Crippen LogP contribution in [-0.2, 0) is 23.1 Å².